The molecule has 0 bridgehead atoms. The molecular formula is C22H20N6O2. The number of pyridine rings is 3. The Bertz CT molecular complexity index is 1200. The highest BCUT2D eigenvalue weighted by molar-refractivity contribution is 5.96. The third-order valence-corrected chi connectivity index (χ3v) is 4.55. The summed E-state index contributed by atoms with van der Waals surface area (Å²) < 4.78 is 0. The number of hydroxylamine groups is 1. The van der Waals surface area contributed by atoms with Gasteiger partial charge >= 0.3 is 6.03 Å². The van der Waals surface area contributed by atoms with Crippen molar-refractivity contribution < 1.29 is 9.63 Å². The van der Waals surface area contributed by atoms with E-state index in [2.05, 4.69) is 25.7 Å². The van der Waals surface area contributed by atoms with Crippen LogP contribution in [0, 0.1) is 6.92 Å². The van der Waals surface area contributed by atoms with Crippen molar-refractivity contribution in [2.24, 2.45) is 0 Å². The Labute approximate surface area is 173 Å². The molecule has 4 N–H and O–H groups in total. The second-order valence-corrected chi connectivity index (χ2v) is 6.70. The fraction of sp³-hybridized carbons (Fsp3) is 0.0909. The number of carbonyl (C=O) groups is 1. The molecule has 0 saturated heterocycles. The average molecular weight is 400 g/mol. The third kappa shape index (κ3) is 4.34. The molecule has 0 saturated carbocycles. The van der Waals surface area contributed by atoms with Crippen LogP contribution < -0.4 is 16.5 Å². The number of nitrogens with two attached hydrogens (primary N) is 1. The van der Waals surface area contributed by atoms with E-state index in [1.807, 2.05) is 49.4 Å². The topological polar surface area (TPSA) is 115 Å². The van der Waals surface area contributed by atoms with Crippen molar-refractivity contribution in [2.75, 3.05) is 11.1 Å². The fourth-order valence-corrected chi connectivity index (χ4v) is 3.01. The summed E-state index contributed by atoms with van der Waals surface area (Å²) in [5.74, 6) is 0.725. The molecule has 0 radical (unpaired) electrons. The lowest BCUT2D eigenvalue weighted by atomic mass is 10.1. The number of hydrogen-bond acceptors (Lipinski definition) is 6. The van der Waals surface area contributed by atoms with Crippen LogP contribution in [-0.4, -0.2) is 21.0 Å². The number of rotatable bonds is 5. The van der Waals surface area contributed by atoms with E-state index < -0.39 is 6.03 Å². The van der Waals surface area contributed by atoms with Gasteiger partial charge in [0.25, 0.3) is 0 Å². The molecular weight excluding hydrogens is 380 g/mol. The van der Waals surface area contributed by atoms with E-state index in [9.17, 15) is 4.79 Å². The summed E-state index contributed by atoms with van der Waals surface area (Å²) in [5.41, 5.74) is 12.1. The molecule has 2 amide bonds. The fourth-order valence-electron chi connectivity index (χ4n) is 3.01. The maximum Gasteiger partial charge on any atom is 0.344 e. The molecule has 150 valence electrons. The number of hydrogen-bond donors (Lipinski definition) is 3. The maximum atomic E-state index is 12.1. The van der Waals surface area contributed by atoms with E-state index in [1.165, 1.54) is 0 Å². The monoisotopic (exact) mass is 400 g/mol. The van der Waals surface area contributed by atoms with Crippen LogP contribution in [0.15, 0.2) is 67.1 Å². The number of aromatic nitrogens is 3. The van der Waals surface area contributed by atoms with Crippen molar-refractivity contribution >= 4 is 28.4 Å². The van der Waals surface area contributed by atoms with Crippen LogP contribution in [0.25, 0.3) is 22.0 Å². The average Bonchev–Trinajstić information content (AvgIpc) is 2.74. The highest BCUT2D eigenvalue weighted by atomic mass is 16.7. The molecule has 8 heteroatoms. The van der Waals surface area contributed by atoms with Crippen LogP contribution >= 0.6 is 0 Å². The number of benzene rings is 1. The number of anilines is 2. The van der Waals surface area contributed by atoms with Gasteiger partial charge in [-0.3, -0.25) is 15.1 Å². The molecule has 0 aliphatic carbocycles. The van der Waals surface area contributed by atoms with Gasteiger partial charge in [-0.15, -0.1) is 0 Å². The predicted molar refractivity (Wildman–Crippen MR) is 115 cm³/mol. The van der Waals surface area contributed by atoms with E-state index in [1.54, 1.807) is 24.7 Å². The first-order chi connectivity index (χ1) is 14.6. The highest BCUT2D eigenvalue weighted by Crippen LogP contribution is 2.28. The second kappa shape index (κ2) is 8.54. The van der Waals surface area contributed by atoms with Crippen molar-refractivity contribution in [3.8, 4) is 11.3 Å². The van der Waals surface area contributed by atoms with Gasteiger partial charge in [-0.2, -0.15) is 0 Å². The Balaban J connectivity index is 1.49. The molecule has 0 unspecified atom stereocenters. The SMILES string of the molecule is Cc1ccncc1-c1cc2cc(NC(=O)NOCc3ccccc3)ncc2c(N)n1. The Morgan fingerprint density at radius 3 is 2.77 bits per heavy atom. The van der Waals surface area contributed by atoms with Gasteiger partial charge in [0.05, 0.1) is 12.3 Å². The molecule has 0 spiro atoms. The van der Waals surface area contributed by atoms with E-state index in [0.717, 1.165) is 22.1 Å². The first-order valence-corrected chi connectivity index (χ1v) is 9.30. The van der Waals surface area contributed by atoms with Gasteiger partial charge in [0.2, 0.25) is 0 Å². The largest absolute Gasteiger partial charge is 0.383 e. The predicted octanol–water partition coefficient (Wildman–Crippen LogP) is 3.84. The summed E-state index contributed by atoms with van der Waals surface area (Å²) in [6, 6.07) is 14.6. The van der Waals surface area contributed by atoms with Gasteiger partial charge < -0.3 is 5.73 Å². The zero-order chi connectivity index (χ0) is 20.9. The molecule has 0 aliphatic rings. The number of nitrogens with one attached hydrogen (secondary N) is 2. The van der Waals surface area contributed by atoms with Gasteiger partial charge in [0.15, 0.2) is 0 Å². The summed E-state index contributed by atoms with van der Waals surface area (Å²) in [6.07, 6.45) is 5.06. The van der Waals surface area contributed by atoms with Crippen molar-refractivity contribution in [2.45, 2.75) is 13.5 Å². The van der Waals surface area contributed by atoms with Crippen LogP contribution in [-0.2, 0) is 11.4 Å². The van der Waals surface area contributed by atoms with Crippen LogP contribution in [0.2, 0.25) is 0 Å². The van der Waals surface area contributed by atoms with Gasteiger partial charge in [-0.25, -0.2) is 20.2 Å². The summed E-state index contributed by atoms with van der Waals surface area (Å²) in [4.78, 5) is 30.2. The number of urea groups is 1. The molecule has 0 aliphatic heterocycles. The van der Waals surface area contributed by atoms with Gasteiger partial charge in [-0.1, -0.05) is 30.3 Å². The quantitative estimate of drug-likeness (QED) is 0.439. The van der Waals surface area contributed by atoms with Crippen molar-refractivity contribution in [3.63, 3.8) is 0 Å². The first kappa shape index (κ1) is 19.3. The molecule has 4 rings (SSSR count). The Morgan fingerprint density at radius 1 is 1.13 bits per heavy atom. The summed E-state index contributed by atoms with van der Waals surface area (Å²) in [7, 11) is 0. The standard InChI is InChI=1S/C22H20N6O2/c1-14-7-8-24-11-17(14)19-9-16-10-20(25-12-18(16)21(23)26-19)27-22(29)28-30-13-15-5-3-2-4-6-15/h2-12H,13H2,1H3,(H2,23,26)(H2,25,27,28,29). The smallest absolute Gasteiger partial charge is 0.344 e. The maximum absolute atomic E-state index is 12.1. The summed E-state index contributed by atoms with van der Waals surface area (Å²) in [6.45, 7) is 2.24. The van der Waals surface area contributed by atoms with Gasteiger partial charge in [-0.05, 0) is 41.6 Å². The van der Waals surface area contributed by atoms with Crippen LogP contribution in [0.4, 0.5) is 16.4 Å². The minimum atomic E-state index is -0.525. The normalized spacial score (nSPS) is 10.7. The lowest BCUT2D eigenvalue weighted by molar-refractivity contribution is 0.0535. The highest BCUT2D eigenvalue weighted by Gasteiger charge is 2.10. The zero-order valence-electron chi connectivity index (χ0n) is 16.3. The van der Waals surface area contributed by atoms with Crippen molar-refractivity contribution in [1.29, 1.82) is 0 Å². The number of amides is 2. The number of nitrogen functional groups attached to an aromatic ring is 1. The van der Waals surface area contributed by atoms with Crippen LogP contribution in [0.5, 0.6) is 0 Å². The van der Waals surface area contributed by atoms with E-state index in [-0.39, 0.29) is 6.61 Å². The van der Waals surface area contributed by atoms with Gasteiger partial charge in [0.1, 0.15) is 11.6 Å². The Hall–Kier alpha value is -4.04. The summed E-state index contributed by atoms with van der Waals surface area (Å²) in [5, 5.41) is 4.15. The van der Waals surface area contributed by atoms with Crippen molar-refractivity contribution in [3.05, 3.63) is 78.2 Å². The summed E-state index contributed by atoms with van der Waals surface area (Å²) >= 11 is 0. The van der Waals surface area contributed by atoms with Gasteiger partial charge in [0, 0.05) is 29.5 Å². The third-order valence-electron chi connectivity index (χ3n) is 4.55. The lowest BCUT2D eigenvalue weighted by Gasteiger charge is -2.10. The molecule has 3 aromatic heterocycles. The second-order valence-electron chi connectivity index (χ2n) is 6.70. The number of aryl methyl sites for hydroxylation is 1. The van der Waals surface area contributed by atoms with E-state index >= 15 is 0 Å². The molecule has 4 aromatic rings. The molecule has 8 nitrogen and oxygen atoms in total. The minimum absolute atomic E-state index is 0.259. The number of nitrogens with zero attached hydrogens (tertiary/aromatic N) is 3. The zero-order valence-corrected chi connectivity index (χ0v) is 16.3. The van der Waals surface area contributed by atoms with Crippen LogP contribution in [0.1, 0.15) is 11.1 Å². The van der Waals surface area contributed by atoms with Crippen LogP contribution in [0.3, 0.4) is 0 Å². The molecule has 0 atom stereocenters. The Morgan fingerprint density at radius 2 is 1.97 bits per heavy atom. The molecule has 3 heterocycles. The Kier molecular flexibility index (Phi) is 5.49. The van der Waals surface area contributed by atoms with Crippen molar-refractivity contribution in [1.82, 2.24) is 20.4 Å². The molecule has 30 heavy (non-hydrogen) atoms. The minimum Gasteiger partial charge on any atom is -0.383 e. The number of carbonyl (C=O) groups excluding carboxylic acids is 1. The van der Waals surface area contributed by atoms with E-state index in [0.29, 0.717) is 22.7 Å². The molecule has 0 fully saturated rings. The first-order valence-electron chi connectivity index (χ1n) is 9.30. The van der Waals surface area contributed by atoms with E-state index in [4.69, 9.17) is 10.6 Å². The lowest BCUT2D eigenvalue weighted by Crippen LogP contribution is -2.29. The molecule has 1 aromatic carbocycles. The number of fused-ring (bicyclic) bond motifs is 1.